The molecule has 0 amide bonds. The molecule has 102 valence electrons. The maximum absolute atomic E-state index is 8.97. The number of benzene rings is 2. The van der Waals surface area contributed by atoms with E-state index in [1.54, 1.807) is 0 Å². The number of hydrogen-bond donors (Lipinski definition) is 2. The Morgan fingerprint density at radius 2 is 1.47 bits per heavy atom. The van der Waals surface area contributed by atoms with Crippen molar-refractivity contribution in [1.29, 1.82) is 0 Å². The summed E-state index contributed by atoms with van der Waals surface area (Å²) < 4.78 is 0. The van der Waals surface area contributed by atoms with E-state index in [-0.39, 0.29) is 25.1 Å². The third-order valence-corrected chi connectivity index (χ3v) is 2.99. The van der Waals surface area contributed by atoms with E-state index in [0.717, 1.165) is 6.42 Å². The number of rotatable bonds is 6. The molecule has 2 nitrogen and oxygen atoms in total. The van der Waals surface area contributed by atoms with E-state index >= 15 is 0 Å². The molecular formula is C16H20ClNO. The van der Waals surface area contributed by atoms with Gasteiger partial charge in [0.25, 0.3) is 0 Å². The Hall–Kier alpha value is -1.35. The van der Waals surface area contributed by atoms with Gasteiger partial charge in [-0.2, -0.15) is 0 Å². The zero-order valence-electron chi connectivity index (χ0n) is 10.8. The summed E-state index contributed by atoms with van der Waals surface area (Å²) in [6.45, 7) is 0.782. The van der Waals surface area contributed by atoms with E-state index in [4.69, 9.17) is 5.11 Å². The van der Waals surface area contributed by atoms with Gasteiger partial charge in [-0.3, -0.25) is 0 Å². The second kappa shape index (κ2) is 8.70. The van der Waals surface area contributed by atoms with Gasteiger partial charge in [-0.25, -0.2) is 0 Å². The lowest BCUT2D eigenvalue weighted by atomic mass is 9.99. The highest BCUT2D eigenvalue weighted by atomic mass is 35.5. The standard InChI is InChI=1S/C16H19NO.ClH/c18-12-11-17-16(15-9-5-2-6-10-15)13-14-7-3-1-4-8-14;/h1-10,16-18H,11-13H2;1H. The van der Waals surface area contributed by atoms with Gasteiger partial charge in [-0.05, 0) is 17.5 Å². The molecular weight excluding hydrogens is 258 g/mol. The van der Waals surface area contributed by atoms with Crippen molar-refractivity contribution in [3.63, 3.8) is 0 Å². The highest BCUT2D eigenvalue weighted by Crippen LogP contribution is 2.17. The minimum atomic E-state index is 0. The van der Waals surface area contributed by atoms with Gasteiger partial charge in [0.05, 0.1) is 6.61 Å². The number of aliphatic hydroxyl groups excluding tert-OH is 1. The second-order valence-electron chi connectivity index (χ2n) is 4.33. The van der Waals surface area contributed by atoms with Crippen molar-refractivity contribution in [3.05, 3.63) is 71.8 Å². The van der Waals surface area contributed by atoms with Crippen molar-refractivity contribution in [2.45, 2.75) is 12.5 Å². The van der Waals surface area contributed by atoms with Crippen molar-refractivity contribution in [2.24, 2.45) is 0 Å². The average Bonchev–Trinajstić information content (AvgIpc) is 2.45. The first kappa shape index (κ1) is 15.7. The Balaban J connectivity index is 0.00000180. The Kier molecular flexibility index (Phi) is 7.19. The number of hydrogen-bond acceptors (Lipinski definition) is 2. The smallest absolute Gasteiger partial charge is 0.0556 e. The quantitative estimate of drug-likeness (QED) is 0.851. The monoisotopic (exact) mass is 277 g/mol. The lowest BCUT2D eigenvalue weighted by Gasteiger charge is -2.19. The molecule has 0 aliphatic carbocycles. The van der Waals surface area contributed by atoms with Gasteiger partial charge in [0.15, 0.2) is 0 Å². The van der Waals surface area contributed by atoms with Crippen LogP contribution in [0.25, 0.3) is 0 Å². The predicted molar refractivity (Wildman–Crippen MR) is 81.7 cm³/mol. The van der Waals surface area contributed by atoms with Crippen LogP contribution < -0.4 is 5.32 Å². The van der Waals surface area contributed by atoms with Crippen molar-refractivity contribution >= 4 is 12.4 Å². The zero-order chi connectivity index (χ0) is 12.6. The average molecular weight is 278 g/mol. The molecule has 1 atom stereocenters. The molecule has 2 rings (SSSR count). The first-order chi connectivity index (χ1) is 8.90. The van der Waals surface area contributed by atoms with Crippen LogP contribution in [0.5, 0.6) is 0 Å². The van der Waals surface area contributed by atoms with E-state index in [0.29, 0.717) is 6.54 Å². The molecule has 0 aliphatic heterocycles. The van der Waals surface area contributed by atoms with E-state index in [2.05, 4.69) is 41.7 Å². The maximum Gasteiger partial charge on any atom is 0.0556 e. The molecule has 19 heavy (non-hydrogen) atoms. The van der Waals surface area contributed by atoms with Gasteiger partial charge in [0.1, 0.15) is 0 Å². The van der Waals surface area contributed by atoms with Gasteiger partial charge >= 0.3 is 0 Å². The number of halogens is 1. The molecule has 2 aromatic carbocycles. The van der Waals surface area contributed by atoms with E-state index in [9.17, 15) is 0 Å². The molecule has 2 aromatic rings. The maximum atomic E-state index is 8.97. The molecule has 0 saturated heterocycles. The topological polar surface area (TPSA) is 32.3 Å². The van der Waals surface area contributed by atoms with Crippen LogP contribution in [0.3, 0.4) is 0 Å². The van der Waals surface area contributed by atoms with Crippen molar-refractivity contribution in [1.82, 2.24) is 5.32 Å². The summed E-state index contributed by atoms with van der Waals surface area (Å²) in [4.78, 5) is 0. The summed E-state index contributed by atoms with van der Waals surface area (Å²) in [6, 6.07) is 21.0. The van der Waals surface area contributed by atoms with Gasteiger partial charge in [0, 0.05) is 12.6 Å². The van der Waals surface area contributed by atoms with Crippen LogP contribution in [0.4, 0.5) is 0 Å². The summed E-state index contributed by atoms with van der Waals surface area (Å²) in [7, 11) is 0. The minimum absolute atomic E-state index is 0. The second-order valence-corrected chi connectivity index (χ2v) is 4.33. The summed E-state index contributed by atoms with van der Waals surface area (Å²) in [5.41, 5.74) is 2.56. The van der Waals surface area contributed by atoms with Crippen molar-refractivity contribution < 1.29 is 5.11 Å². The highest BCUT2D eigenvalue weighted by molar-refractivity contribution is 5.85. The molecule has 1 unspecified atom stereocenters. The Labute approximate surface area is 120 Å². The molecule has 0 aliphatic rings. The Bertz CT molecular complexity index is 447. The lowest BCUT2D eigenvalue weighted by molar-refractivity contribution is 0.284. The molecule has 0 radical (unpaired) electrons. The summed E-state index contributed by atoms with van der Waals surface area (Å²) in [6.07, 6.45) is 0.935. The van der Waals surface area contributed by atoms with Gasteiger partial charge < -0.3 is 10.4 Å². The lowest BCUT2D eigenvalue weighted by Crippen LogP contribution is -2.26. The van der Waals surface area contributed by atoms with Gasteiger partial charge in [0.2, 0.25) is 0 Å². The summed E-state index contributed by atoms with van der Waals surface area (Å²) in [5, 5.41) is 12.3. The fraction of sp³-hybridized carbons (Fsp3) is 0.250. The molecule has 0 bridgehead atoms. The number of aliphatic hydroxyl groups is 1. The normalized spacial score (nSPS) is 11.6. The zero-order valence-corrected chi connectivity index (χ0v) is 11.6. The summed E-state index contributed by atoms with van der Waals surface area (Å²) in [5.74, 6) is 0. The Morgan fingerprint density at radius 1 is 0.895 bits per heavy atom. The van der Waals surface area contributed by atoms with Crippen LogP contribution in [0.2, 0.25) is 0 Å². The number of nitrogens with one attached hydrogen (secondary N) is 1. The van der Waals surface area contributed by atoms with Crippen LogP contribution in [0.1, 0.15) is 17.2 Å². The van der Waals surface area contributed by atoms with Gasteiger partial charge in [-0.1, -0.05) is 60.7 Å². The SMILES string of the molecule is Cl.OCCNC(Cc1ccccc1)c1ccccc1. The fourth-order valence-electron chi connectivity index (χ4n) is 2.08. The molecule has 0 spiro atoms. The van der Waals surface area contributed by atoms with E-state index in [1.165, 1.54) is 11.1 Å². The fourth-order valence-corrected chi connectivity index (χ4v) is 2.08. The first-order valence-corrected chi connectivity index (χ1v) is 6.33. The summed E-state index contributed by atoms with van der Waals surface area (Å²) >= 11 is 0. The first-order valence-electron chi connectivity index (χ1n) is 6.33. The van der Waals surface area contributed by atoms with Gasteiger partial charge in [-0.15, -0.1) is 12.4 Å². The van der Waals surface area contributed by atoms with Crippen LogP contribution in [0, 0.1) is 0 Å². The van der Waals surface area contributed by atoms with Crippen LogP contribution in [-0.2, 0) is 6.42 Å². The van der Waals surface area contributed by atoms with Crippen LogP contribution in [0.15, 0.2) is 60.7 Å². The third-order valence-electron chi connectivity index (χ3n) is 2.99. The van der Waals surface area contributed by atoms with Crippen LogP contribution >= 0.6 is 12.4 Å². The molecule has 2 N–H and O–H groups in total. The predicted octanol–water partition coefficient (Wildman–Crippen LogP) is 2.97. The minimum Gasteiger partial charge on any atom is -0.395 e. The van der Waals surface area contributed by atoms with Crippen LogP contribution in [-0.4, -0.2) is 18.3 Å². The van der Waals surface area contributed by atoms with Crippen molar-refractivity contribution in [2.75, 3.05) is 13.2 Å². The Morgan fingerprint density at radius 3 is 2.05 bits per heavy atom. The molecule has 0 fully saturated rings. The molecule has 0 aromatic heterocycles. The molecule has 0 saturated carbocycles. The molecule has 0 heterocycles. The van der Waals surface area contributed by atoms with E-state index < -0.39 is 0 Å². The van der Waals surface area contributed by atoms with E-state index in [1.807, 2.05) is 24.3 Å². The third kappa shape index (κ3) is 5.03. The molecule has 3 heteroatoms. The van der Waals surface area contributed by atoms with Crippen molar-refractivity contribution in [3.8, 4) is 0 Å². The largest absolute Gasteiger partial charge is 0.395 e. The highest BCUT2D eigenvalue weighted by Gasteiger charge is 2.10.